The van der Waals surface area contributed by atoms with Crippen molar-refractivity contribution in [1.29, 1.82) is 5.26 Å². The van der Waals surface area contributed by atoms with Crippen molar-refractivity contribution in [2.75, 3.05) is 26.3 Å². The van der Waals surface area contributed by atoms with Crippen LogP contribution >= 0.6 is 0 Å². The number of hydrogen-bond donors (Lipinski definition) is 1. The van der Waals surface area contributed by atoms with Gasteiger partial charge in [-0.05, 0) is 41.7 Å². The first kappa shape index (κ1) is 18.4. The van der Waals surface area contributed by atoms with E-state index < -0.39 is 0 Å². The number of nitrogens with one attached hydrogen (secondary N) is 1. The predicted molar refractivity (Wildman–Crippen MR) is 110 cm³/mol. The van der Waals surface area contributed by atoms with Gasteiger partial charge in [-0.3, -0.25) is 4.79 Å². The molecule has 0 aromatic heterocycles. The number of carbonyl (C=O) groups is 1. The van der Waals surface area contributed by atoms with Crippen LogP contribution < -0.4 is 5.32 Å². The molecule has 2 aromatic rings. The Morgan fingerprint density at radius 1 is 0.966 bits per heavy atom. The largest absolute Gasteiger partial charge is 0.381 e. The van der Waals surface area contributed by atoms with Crippen LogP contribution in [0.25, 0.3) is 11.1 Å². The number of hydrogen-bond acceptors (Lipinski definition) is 4. The molecule has 5 heteroatoms. The van der Waals surface area contributed by atoms with Crippen molar-refractivity contribution < 1.29 is 9.53 Å². The summed E-state index contributed by atoms with van der Waals surface area (Å²) in [6, 6.07) is 19.3. The number of piperazine rings is 1. The molecule has 4 saturated heterocycles. The van der Waals surface area contributed by atoms with Crippen LogP contribution in [-0.4, -0.2) is 49.2 Å². The van der Waals surface area contributed by atoms with Crippen LogP contribution in [0.4, 0.5) is 0 Å². The minimum absolute atomic E-state index is 0.145. The van der Waals surface area contributed by atoms with Crippen LogP contribution in [0, 0.1) is 17.2 Å². The summed E-state index contributed by atoms with van der Waals surface area (Å²) >= 11 is 0. The fourth-order valence-electron chi connectivity index (χ4n) is 5.01. The molecule has 4 aliphatic rings. The van der Waals surface area contributed by atoms with Crippen LogP contribution in [0.15, 0.2) is 48.5 Å². The molecule has 3 atom stereocenters. The molecule has 5 nitrogen and oxygen atoms in total. The third kappa shape index (κ3) is 3.43. The first-order chi connectivity index (χ1) is 14.2. The number of nitrogens with zero attached hydrogens (tertiary/aromatic N) is 2. The Morgan fingerprint density at radius 2 is 1.55 bits per heavy atom. The lowest BCUT2D eigenvalue weighted by atomic mass is 9.73. The summed E-state index contributed by atoms with van der Waals surface area (Å²) in [5.41, 5.74) is 4.30. The molecule has 2 aromatic carbocycles. The highest BCUT2D eigenvalue weighted by Gasteiger charge is 2.48. The van der Waals surface area contributed by atoms with Crippen LogP contribution in [0.5, 0.6) is 0 Å². The van der Waals surface area contributed by atoms with Gasteiger partial charge < -0.3 is 15.0 Å². The molecule has 0 aliphatic carbocycles. The lowest BCUT2D eigenvalue weighted by Gasteiger charge is -2.55. The van der Waals surface area contributed by atoms with E-state index in [0.29, 0.717) is 42.7 Å². The lowest BCUT2D eigenvalue weighted by Crippen LogP contribution is -2.72. The molecule has 1 amide bonds. The normalized spacial score (nSPS) is 26.4. The van der Waals surface area contributed by atoms with Gasteiger partial charge in [-0.1, -0.05) is 36.4 Å². The number of rotatable bonds is 3. The van der Waals surface area contributed by atoms with Crippen LogP contribution in [-0.2, 0) is 9.53 Å². The molecule has 1 N–H and O–H groups in total. The van der Waals surface area contributed by atoms with Crippen molar-refractivity contribution in [3.63, 3.8) is 0 Å². The molecule has 4 aliphatic heterocycles. The Bertz CT molecular complexity index is 914. The van der Waals surface area contributed by atoms with Gasteiger partial charge in [-0.15, -0.1) is 0 Å². The smallest absolute Gasteiger partial charge is 0.225 e. The quantitative estimate of drug-likeness (QED) is 0.880. The highest BCUT2D eigenvalue weighted by atomic mass is 16.5. The molecular weight excluding hydrogens is 362 g/mol. The van der Waals surface area contributed by atoms with Gasteiger partial charge in [-0.25, -0.2) is 0 Å². The molecule has 1 unspecified atom stereocenters. The number of amides is 1. The average Bonchev–Trinajstić information content (AvgIpc) is 2.80. The van der Waals surface area contributed by atoms with Gasteiger partial charge in [0.2, 0.25) is 5.91 Å². The summed E-state index contributed by atoms with van der Waals surface area (Å²) < 4.78 is 5.40. The van der Waals surface area contributed by atoms with Crippen LogP contribution in [0.3, 0.4) is 0 Å². The minimum atomic E-state index is 0.145. The van der Waals surface area contributed by atoms with E-state index >= 15 is 0 Å². The maximum absolute atomic E-state index is 12.8. The summed E-state index contributed by atoms with van der Waals surface area (Å²) in [4.78, 5) is 14.9. The molecule has 29 heavy (non-hydrogen) atoms. The topological polar surface area (TPSA) is 65.4 Å². The fraction of sp³-hybridized carbons (Fsp3) is 0.417. The monoisotopic (exact) mass is 387 g/mol. The standard InChI is InChI=1S/C24H25N3O2/c25-13-16-1-3-17(4-2-16)18-5-7-19(8-6-18)23-21-14-27(15-22(23)26-21)24(28)20-9-11-29-12-10-20/h1-8,20-23,26H,9-12,14-15H2/t21-,22+,23?. The van der Waals surface area contributed by atoms with Crippen molar-refractivity contribution in [3.05, 3.63) is 59.7 Å². The van der Waals surface area contributed by atoms with E-state index in [9.17, 15) is 4.79 Å². The summed E-state index contributed by atoms with van der Waals surface area (Å²) in [5.74, 6) is 0.939. The number of ether oxygens (including phenoxy) is 1. The van der Waals surface area contributed by atoms with E-state index in [-0.39, 0.29) is 5.92 Å². The van der Waals surface area contributed by atoms with E-state index in [1.165, 1.54) is 5.56 Å². The molecule has 4 heterocycles. The zero-order valence-corrected chi connectivity index (χ0v) is 16.4. The van der Waals surface area contributed by atoms with Crippen LogP contribution in [0.1, 0.15) is 29.9 Å². The Balaban J connectivity index is 1.25. The van der Waals surface area contributed by atoms with Gasteiger partial charge in [0.15, 0.2) is 0 Å². The molecule has 4 fully saturated rings. The lowest BCUT2D eigenvalue weighted by molar-refractivity contribution is -0.143. The van der Waals surface area contributed by atoms with Gasteiger partial charge in [-0.2, -0.15) is 5.26 Å². The maximum atomic E-state index is 12.8. The molecule has 0 saturated carbocycles. The van der Waals surface area contributed by atoms with Crippen molar-refractivity contribution in [1.82, 2.24) is 10.2 Å². The molecular formula is C24H25N3O2. The molecule has 2 bridgehead atoms. The van der Waals surface area contributed by atoms with Crippen molar-refractivity contribution in [2.24, 2.45) is 5.92 Å². The zero-order valence-electron chi connectivity index (χ0n) is 16.4. The molecule has 0 spiro atoms. The Morgan fingerprint density at radius 3 is 2.14 bits per heavy atom. The van der Waals surface area contributed by atoms with Crippen molar-refractivity contribution in [2.45, 2.75) is 30.8 Å². The van der Waals surface area contributed by atoms with Gasteiger partial charge >= 0.3 is 0 Å². The molecule has 148 valence electrons. The summed E-state index contributed by atoms with van der Waals surface area (Å²) in [7, 11) is 0. The van der Waals surface area contributed by atoms with E-state index in [2.05, 4.69) is 40.6 Å². The number of fused-ring (bicyclic) bond motifs is 2. The average molecular weight is 387 g/mol. The fourth-order valence-corrected chi connectivity index (χ4v) is 5.01. The number of benzene rings is 2. The second-order valence-electron chi connectivity index (χ2n) is 8.35. The van der Waals surface area contributed by atoms with Gasteiger partial charge in [0.25, 0.3) is 0 Å². The van der Waals surface area contributed by atoms with Gasteiger partial charge in [0.05, 0.1) is 11.6 Å². The highest BCUT2D eigenvalue weighted by molar-refractivity contribution is 5.79. The second kappa shape index (κ2) is 7.62. The van der Waals surface area contributed by atoms with Gasteiger partial charge in [0.1, 0.15) is 0 Å². The highest BCUT2D eigenvalue weighted by Crippen LogP contribution is 2.38. The number of piperidine rings is 1. The van der Waals surface area contributed by atoms with Gasteiger partial charge in [0, 0.05) is 50.2 Å². The first-order valence-electron chi connectivity index (χ1n) is 10.5. The van der Waals surface area contributed by atoms with Crippen molar-refractivity contribution in [3.8, 4) is 17.2 Å². The second-order valence-corrected chi connectivity index (χ2v) is 8.35. The SMILES string of the molecule is N#Cc1ccc(-c2ccc(C3[C@@H]4CN(C(=O)C5CCOCC5)C[C@H]3N4)cc2)cc1. The first-order valence-corrected chi connectivity index (χ1v) is 10.5. The Labute approximate surface area is 171 Å². The number of nitriles is 1. The van der Waals surface area contributed by atoms with E-state index in [1.807, 2.05) is 24.3 Å². The Kier molecular flexibility index (Phi) is 4.83. The summed E-state index contributed by atoms with van der Waals surface area (Å²) in [5, 5.41) is 12.6. The van der Waals surface area contributed by atoms with E-state index in [1.54, 1.807) is 0 Å². The van der Waals surface area contributed by atoms with Crippen LogP contribution in [0.2, 0.25) is 0 Å². The zero-order chi connectivity index (χ0) is 19.8. The maximum Gasteiger partial charge on any atom is 0.225 e. The third-order valence-corrected chi connectivity index (χ3v) is 6.65. The summed E-state index contributed by atoms with van der Waals surface area (Å²) in [6.07, 6.45) is 1.72. The summed E-state index contributed by atoms with van der Waals surface area (Å²) in [6.45, 7) is 3.02. The Hall–Kier alpha value is -2.68. The minimum Gasteiger partial charge on any atom is -0.381 e. The molecule has 0 radical (unpaired) electrons. The predicted octanol–water partition coefficient (Wildman–Crippen LogP) is 2.92. The van der Waals surface area contributed by atoms with E-state index in [0.717, 1.165) is 37.1 Å². The third-order valence-electron chi connectivity index (χ3n) is 6.65. The van der Waals surface area contributed by atoms with Crippen molar-refractivity contribution >= 4 is 5.91 Å². The van der Waals surface area contributed by atoms with E-state index in [4.69, 9.17) is 10.00 Å². The molecule has 6 rings (SSSR count). The number of carbonyl (C=O) groups excluding carboxylic acids is 1.